The summed E-state index contributed by atoms with van der Waals surface area (Å²) in [5, 5.41) is 14.1. The maximum atomic E-state index is 4.96. The van der Waals surface area contributed by atoms with Gasteiger partial charge in [0.05, 0.1) is 12.8 Å². The van der Waals surface area contributed by atoms with E-state index in [1.807, 2.05) is 31.2 Å². The van der Waals surface area contributed by atoms with Gasteiger partial charge in [0, 0.05) is 19.3 Å². The number of methoxy groups -OCH3 is 1. The Morgan fingerprint density at radius 1 is 1.32 bits per heavy atom. The molecule has 100 valence electrons. The summed E-state index contributed by atoms with van der Waals surface area (Å²) >= 11 is 0. The number of rotatable bonds is 6. The van der Waals surface area contributed by atoms with Crippen molar-refractivity contribution >= 4 is 17.5 Å². The molecule has 2 aromatic rings. The van der Waals surface area contributed by atoms with E-state index in [1.165, 1.54) is 5.56 Å². The van der Waals surface area contributed by atoms with Crippen molar-refractivity contribution in [2.24, 2.45) is 0 Å². The summed E-state index contributed by atoms with van der Waals surface area (Å²) in [4.78, 5) is 4.32. The Balaban J connectivity index is 2.02. The zero-order valence-electron chi connectivity index (χ0n) is 11.1. The smallest absolute Gasteiger partial charge is 0.249 e. The highest BCUT2D eigenvalue weighted by Crippen LogP contribution is 2.14. The second kappa shape index (κ2) is 6.65. The number of nitrogens with one attached hydrogen (secondary N) is 2. The van der Waals surface area contributed by atoms with Crippen LogP contribution in [0, 0.1) is 6.92 Å². The summed E-state index contributed by atoms with van der Waals surface area (Å²) in [5.41, 5.74) is 2.11. The molecule has 19 heavy (non-hydrogen) atoms. The third-order valence-corrected chi connectivity index (χ3v) is 2.45. The molecule has 0 saturated carbocycles. The number of anilines is 3. The number of benzene rings is 1. The number of hydrogen-bond donors (Lipinski definition) is 2. The summed E-state index contributed by atoms with van der Waals surface area (Å²) in [6.07, 6.45) is 1.58. The van der Waals surface area contributed by atoms with Gasteiger partial charge in [-0.2, -0.15) is 10.1 Å². The van der Waals surface area contributed by atoms with E-state index in [9.17, 15) is 0 Å². The summed E-state index contributed by atoms with van der Waals surface area (Å²) in [5.74, 6) is 1.13. The molecule has 0 spiro atoms. The summed E-state index contributed by atoms with van der Waals surface area (Å²) < 4.78 is 4.96. The molecule has 0 bridgehead atoms. The van der Waals surface area contributed by atoms with Crippen molar-refractivity contribution in [1.29, 1.82) is 0 Å². The van der Waals surface area contributed by atoms with Gasteiger partial charge in [-0.05, 0) is 24.6 Å². The normalized spacial score (nSPS) is 10.2. The van der Waals surface area contributed by atoms with E-state index in [2.05, 4.69) is 25.8 Å². The molecule has 0 saturated heterocycles. The van der Waals surface area contributed by atoms with Gasteiger partial charge in [0.15, 0.2) is 5.82 Å². The van der Waals surface area contributed by atoms with Gasteiger partial charge in [0.25, 0.3) is 0 Å². The van der Waals surface area contributed by atoms with Crippen LogP contribution in [0.3, 0.4) is 0 Å². The molecule has 0 aliphatic heterocycles. The first-order valence-electron chi connectivity index (χ1n) is 6.04. The predicted molar refractivity (Wildman–Crippen MR) is 74.7 cm³/mol. The lowest BCUT2D eigenvalue weighted by Crippen LogP contribution is -2.10. The van der Waals surface area contributed by atoms with Gasteiger partial charge in [-0.1, -0.05) is 12.1 Å². The molecule has 0 aliphatic carbocycles. The maximum Gasteiger partial charge on any atom is 0.249 e. The molecule has 1 aromatic heterocycles. The first kappa shape index (κ1) is 13.2. The molecule has 0 unspecified atom stereocenters. The lowest BCUT2D eigenvalue weighted by atomic mass is 10.2. The largest absolute Gasteiger partial charge is 0.383 e. The SMILES string of the molecule is COCCNc1cnnc(Nc2cccc(C)c2)n1. The Morgan fingerprint density at radius 3 is 3.00 bits per heavy atom. The van der Waals surface area contributed by atoms with Gasteiger partial charge in [-0.15, -0.1) is 5.10 Å². The minimum absolute atomic E-state index is 0.466. The second-order valence-electron chi connectivity index (χ2n) is 4.08. The Morgan fingerprint density at radius 2 is 2.21 bits per heavy atom. The molecule has 0 fully saturated rings. The Hall–Kier alpha value is -2.21. The average molecular weight is 259 g/mol. The lowest BCUT2D eigenvalue weighted by molar-refractivity contribution is 0.210. The van der Waals surface area contributed by atoms with E-state index >= 15 is 0 Å². The second-order valence-corrected chi connectivity index (χ2v) is 4.08. The first-order chi connectivity index (χ1) is 9.28. The van der Waals surface area contributed by atoms with Crippen LogP contribution in [0.5, 0.6) is 0 Å². The summed E-state index contributed by atoms with van der Waals surface area (Å²) in [7, 11) is 1.66. The van der Waals surface area contributed by atoms with Crippen molar-refractivity contribution in [3.8, 4) is 0 Å². The fourth-order valence-electron chi connectivity index (χ4n) is 1.57. The average Bonchev–Trinajstić information content (AvgIpc) is 2.39. The van der Waals surface area contributed by atoms with Crippen LogP contribution in [0.15, 0.2) is 30.5 Å². The van der Waals surface area contributed by atoms with Crippen LogP contribution >= 0.6 is 0 Å². The molecular weight excluding hydrogens is 242 g/mol. The van der Waals surface area contributed by atoms with Gasteiger partial charge >= 0.3 is 0 Å². The number of ether oxygens (including phenoxy) is 1. The van der Waals surface area contributed by atoms with E-state index in [4.69, 9.17) is 4.74 Å². The molecule has 2 rings (SSSR count). The Kier molecular flexibility index (Phi) is 4.63. The lowest BCUT2D eigenvalue weighted by Gasteiger charge is -2.07. The van der Waals surface area contributed by atoms with Crippen molar-refractivity contribution in [2.75, 3.05) is 30.9 Å². The maximum absolute atomic E-state index is 4.96. The molecule has 1 heterocycles. The van der Waals surface area contributed by atoms with E-state index in [1.54, 1.807) is 13.3 Å². The molecular formula is C13H17N5O. The number of nitrogens with zero attached hydrogens (tertiary/aromatic N) is 3. The third-order valence-electron chi connectivity index (χ3n) is 2.45. The minimum Gasteiger partial charge on any atom is -0.383 e. The first-order valence-corrected chi connectivity index (χ1v) is 6.04. The number of aryl methyl sites for hydroxylation is 1. The van der Waals surface area contributed by atoms with Gasteiger partial charge in [-0.25, -0.2) is 0 Å². The highest BCUT2D eigenvalue weighted by Gasteiger charge is 2.01. The van der Waals surface area contributed by atoms with Crippen LogP contribution in [0.2, 0.25) is 0 Å². The molecule has 0 radical (unpaired) electrons. The molecule has 1 aromatic carbocycles. The summed E-state index contributed by atoms with van der Waals surface area (Å²) in [6.45, 7) is 3.33. The van der Waals surface area contributed by atoms with E-state index in [0.29, 0.717) is 24.9 Å². The molecule has 0 atom stereocenters. The van der Waals surface area contributed by atoms with E-state index in [0.717, 1.165) is 5.69 Å². The van der Waals surface area contributed by atoms with Crippen molar-refractivity contribution in [3.63, 3.8) is 0 Å². The van der Waals surface area contributed by atoms with Crippen molar-refractivity contribution in [2.45, 2.75) is 6.92 Å². The molecule has 0 aliphatic rings. The number of hydrogen-bond acceptors (Lipinski definition) is 6. The predicted octanol–water partition coefficient (Wildman–Crippen LogP) is 1.98. The topological polar surface area (TPSA) is 72.0 Å². The Labute approximate surface area is 112 Å². The van der Waals surface area contributed by atoms with Crippen LogP contribution in [-0.4, -0.2) is 35.4 Å². The van der Waals surface area contributed by atoms with E-state index in [-0.39, 0.29) is 0 Å². The van der Waals surface area contributed by atoms with Gasteiger partial charge in [0.2, 0.25) is 5.95 Å². The van der Waals surface area contributed by atoms with Gasteiger partial charge in [0.1, 0.15) is 0 Å². The minimum atomic E-state index is 0.466. The fraction of sp³-hybridized carbons (Fsp3) is 0.308. The molecule has 6 heteroatoms. The van der Waals surface area contributed by atoms with E-state index < -0.39 is 0 Å². The molecule has 6 nitrogen and oxygen atoms in total. The van der Waals surface area contributed by atoms with Crippen LogP contribution in [0.25, 0.3) is 0 Å². The van der Waals surface area contributed by atoms with Crippen LogP contribution in [-0.2, 0) is 4.74 Å². The highest BCUT2D eigenvalue weighted by molar-refractivity contribution is 5.54. The van der Waals surface area contributed by atoms with Crippen LogP contribution < -0.4 is 10.6 Å². The molecule has 0 amide bonds. The monoisotopic (exact) mass is 259 g/mol. The van der Waals surface area contributed by atoms with Crippen molar-refractivity contribution in [3.05, 3.63) is 36.0 Å². The zero-order valence-corrected chi connectivity index (χ0v) is 11.1. The highest BCUT2D eigenvalue weighted by atomic mass is 16.5. The van der Waals surface area contributed by atoms with Crippen molar-refractivity contribution < 1.29 is 4.74 Å². The van der Waals surface area contributed by atoms with Crippen LogP contribution in [0.1, 0.15) is 5.56 Å². The van der Waals surface area contributed by atoms with Crippen LogP contribution in [0.4, 0.5) is 17.5 Å². The quantitative estimate of drug-likeness (QED) is 0.773. The summed E-state index contributed by atoms with van der Waals surface area (Å²) in [6, 6.07) is 7.99. The zero-order chi connectivity index (χ0) is 13.5. The van der Waals surface area contributed by atoms with Gasteiger partial charge < -0.3 is 15.4 Å². The Bertz CT molecular complexity index is 532. The molecule has 2 N–H and O–H groups in total. The number of aromatic nitrogens is 3. The third kappa shape index (κ3) is 4.18. The van der Waals surface area contributed by atoms with Gasteiger partial charge in [-0.3, -0.25) is 0 Å². The standard InChI is InChI=1S/C13H17N5O/c1-10-4-3-5-11(8-10)16-13-17-12(9-15-18-13)14-6-7-19-2/h3-5,8-9H,6-7H2,1-2H3,(H2,14,16,17,18). The van der Waals surface area contributed by atoms with Crippen molar-refractivity contribution in [1.82, 2.24) is 15.2 Å². The fourth-order valence-corrected chi connectivity index (χ4v) is 1.57.